The minimum absolute atomic E-state index is 0. The summed E-state index contributed by atoms with van der Waals surface area (Å²) in [6, 6.07) is 8.97. The second-order valence-electron chi connectivity index (χ2n) is 7.98. The second kappa shape index (κ2) is 16.2. The van der Waals surface area contributed by atoms with E-state index in [0.717, 1.165) is 0 Å². The molecular weight excluding hydrogens is 350 g/mol. The van der Waals surface area contributed by atoms with Crippen molar-refractivity contribution >= 4 is 6.08 Å². The molecule has 0 saturated heterocycles. The highest BCUT2D eigenvalue weighted by Gasteiger charge is 2.23. The predicted octanol–water partition coefficient (Wildman–Crippen LogP) is 4.61. The molecule has 0 spiro atoms. The van der Waals surface area contributed by atoms with Crippen molar-refractivity contribution in [1.29, 1.82) is 0 Å². The Morgan fingerprint density at radius 3 is 1.67 bits per heavy atom. The van der Waals surface area contributed by atoms with E-state index in [-0.39, 0.29) is 12.4 Å². The Bertz CT molecular complexity index is 462. The van der Waals surface area contributed by atoms with Crippen LogP contribution in [0, 0.1) is 0 Å². The topological polar surface area (TPSA) is 0 Å². The smallest absolute Gasteiger partial charge is 0.104 e. The molecule has 0 fully saturated rings. The quantitative estimate of drug-likeness (QED) is 0.284. The molecule has 0 aromatic heterocycles. The molecule has 0 aliphatic heterocycles. The fourth-order valence-corrected chi connectivity index (χ4v) is 3.92. The van der Waals surface area contributed by atoms with Gasteiger partial charge in [0.15, 0.2) is 0 Å². The molecule has 0 bridgehead atoms. The van der Waals surface area contributed by atoms with E-state index in [4.69, 9.17) is 0 Å². The fourth-order valence-electron chi connectivity index (χ4n) is 3.92. The zero-order chi connectivity index (χ0) is 19.1. The van der Waals surface area contributed by atoms with Gasteiger partial charge in [-0.2, -0.15) is 0 Å². The van der Waals surface area contributed by atoms with Gasteiger partial charge in [0, 0.05) is 5.56 Å². The third kappa shape index (κ3) is 11.0. The molecule has 0 atom stereocenters. The standard InChI is InChI=1S/C25H44N.ClH/c1-5-9-10-11-12-13-14-15-16-17-22-26(7-3,8-4)23-25-20-18-24(6-2)19-21-25;/h6,18-21H,2,5,7-17,22-23H2,1,3-4H3;1H/q+1;/p-1. The van der Waals surface area contributed by atoms with Crippen molar-refractivity contribution in [2.24, 2.45) is 0 Å². The van der Waals surface area contributed by atoms with E-state index >= 15 is 0 Å². The molecule has 0 unspecified atom stereocenters. The lowest BCUT2D eigenvalue weighted by atomic mass is 10.1. The van der Waals surface area contributed by atoms with Gasteiger partial charge in [0.05, 0.1) is 19.6 Å². The maximum absolute atomic E-state index is 3.85. The van der Waals surface area contributed by atoms with E-state index < -0.39 is 0 Å². The monoisotopic (exact) mass is 393 g/mol. The summed E-state index contributed by atoms with van der Waals surface area (Å²) in [7, 11) is 0. The van der Waals surface area contributed by atoms with Crippen molar-refractivity contribution in [3.8, 4) is 0 Å². The average molecular weight is 394 g/mol. The first-order valence-electron chi connectivity index (χ1n) is 11.3. The molecule has 1 aromatic carbocycles. The first-order chi connectivity index (χ1) is 12.7. The SMILES string of the molecule is C=Cc1ccc(C[N+](CC)(CC)CCCCCCCCCCCC)cc1.[Cl-]. The lowest BCUT2D eigenvalue weighted by Crippen LogP contribution is -3.00. The van der Waals surface area contributed by atoms with Crippen LogP contribution in [0.25, 0.3) is 6.08 Å². The summed E-state index contributed by atoms with van der Waals surface area (Å²) >= 11 is 0. The van der Waals surface area contributed by atoms with Gasteiger partial charge in [-0.25, -0.2) is 0 Å². The van der Waals surface area contributed by atoms with Crippen LogP contribution in [-0.2, 0) is 6.54 Å². The normalized spacial score (nSPS) is 11.2. The van der Waals surface area contributed by atoms with Crippen molar-refractivity contribution < 1.29 is 16.9 Å². The van der Waals surface area contributed by atoms with Gasteiger partial charge in [0.2, 0.25) is 0 Å². The number of benzene rings is 1. The van der Waals surface area contributed by atoms with Crippen LogP contribution in [0.2, 0.25) is 0 Å². The molecule has 156 valence electrons. The minimum Gasteiger partial charge on any atom is -1.00 e. The highest BCUT2D eigenvalue weighted by molar-refractivity contribution is 5.47. The number of hydrogen-bond acceptors (Lipinski definition) is 0. The molecule has 0 aliphatic carbocycles. The summed E-state index contributed by atoms with van der Waals surface area (Å²) in [6.07, 6.45) is 16.1. The molecule has 0 heterocycles. The lowest BCUT2D eigenvalue weighted by Gasteiger charge is -2.37. The Morgan fingerprint density at radius 1 is 0.741 bits per heavy atom. The number of rotatable bonds is 16. The predicted molar refractivity (Wildman–Crippen MR) is 118 cm³/mol. The summed E-state index contributed by atoms with van der Waals surface area (Å²) in [5.41, 5.74) is 2.68. The number of quaternary nitrogens is 1. The molecule has 1 nitrogen and oxygen atoms in total. The first-order valence-corrected chi connectivity index (χ1v) is 11.3. The molecule has 2 heteroatoms. The van der Waals surface area contributed by atoms with Gasteiger partial charge in [0.1, 0.15) is 6.54 Å². The molecule has 0 N–H and O–H groups in total. The first kappa shape index (κ1) is 26.2. The third-order valence-corrected chi connectivity index (χ3v) is 6.06. The molecule has 0 radical (unpaired) electrons. The highest BCUT2D eigenvalue weighted by Crippen LogP contribution is 2.18. The number of hydrogen-bond donors (Lipinski definition) is 0. The van der Waals surface area contributed by atoms with Gasteiger partial charge in [-0.15, -0.1) is 0 Å². The third-order valence-electron chi connectivity index (χ3n) is 6.06. The lowest BCUT2D eigenvalue weighted by molar-refractivity contribution is -0.938. The van der Waals surface area contributed by atoms with Crippen LogP contribution in [-0.4, -0.2) is 24.1 Å². The van der Waals surface area contributed by atoms with Crippen LogP contribution in [0.5, 0.6) is 0 Å². The Hall–Kier alpha value is -0.790. The van der Waals surface area contributed by atoms with Gasteiger partial charge in [0.25, 0.3) is 0 Å². The van der Waals surface area contributed by atoms with Gasteiger partial charge in [-0.1, -0.05) is 95.2 Å². The Labute approximate surface area is 176 Å². The van der Waals surface area contributed by atoms with E-state index in [9.17, 15) is 0 Å². The van der Waals surface area contributed by atoms with Crippen molar-refractivity contribution in [3.05, 3.63) is 42.0 Å². The number of halogens is 1. The van der Waals surface area contributed by atoms with Crippen molar-refractivity contribution in [3.63, 3.8) is 0 Å². The Kier molecular flexibility index (Phi) is 15.7. The Morgan fingerprint density at radius 2 is 1.22 bits per heavy atom. The van der Waals surface area contributed by atoms with Gasteiger partial charge >= 0.3 is 0 Å². The molecular formula is C25H44ClN. The summed E-state index contributed by atoms with van der Waals surface area (Å²) in [5, 5.41) is 0. The number of nitrogens with zero attached hydrogens (tertiary/aromatic N) is 1. The largest absolute Gasteiger partial charge is 1.00 e. The molecule has 1 aromatic rings. The van der Waals surface area contributed by atoms with E-state index in [0.29, 0.717) is 0 Å². The maximum atomic E-state index is 3.85. The Balaban J connectivity index is 0.00000676. The van der Waals surface area contributed by atoms with E-state index in [1.165, 1.54) is 106 Å². The van der Waals surface area contributed by atoms with Gasteiger partial charge in [-0.05, 0) is 32.3 Å². The summed E-state index contributed by atoms with van der Waals surface area (Å²) in [6.45, 7) is 15.8. The van der Waals surface area contributed by atoms with Crippen LogP contribution in [0.4, 0.5) is 0 Å². The number of unbranched alkanes of at least 4 members (excludes halogenated alkanes) is 9. The van der Waals surface area contributed by atoms with E-state index in [1.807, 2.05) is 6.08 Å². The maximum Gasteiger partial charge on any atom is 0.104 e. The van der Waals surface area contributed by atoms with E-state index in [2.05, 4.69) is 51.6 Å². The van der Waals surface area contributed by atoms with E-state index in [1.54, 1.807) is 0 Å². The van der Waals surface area contributed by atoms with Crippen molar-refractivity contribution in [2.75, 3.05) is 19.6 Å². The van der Waals surface area contributed by atoms with Crippen LogP contribution in [0.15, 0.2) is 30.8 Å². The molecule has 0 amide bonds. The van der Waals surface area contributed by atoms with Crippen LogP contribution >= 0.6 is 0 Å². The van der Waals surface area contributed by atoms with Gasteiger partial charge < -0.3 is 16.9 Å². The summed E-state index contributed by atoms with van der Waals surface area (Å²) in [4.78, 5) is 0. The highest BCUT2D eigenvalue weighted by atomic mass is 35.5. The zero-order valence-corrected chi connectivity index (χ0v) is 19.1. The minimum atomic E-state index is 0. The molecule has 1 rings (SSSR count). The van der Waals surface area contributed by atoms with Crippen LogP contribution in [0.3, 0.4) is 0 Å². The molecule has 0 aliphatic rings. The van der Waals surface area contributed by atoms with Crippen LogP contribution in [0.1, 0.15) is 96.1 Å². The zero-order valence-electron chi connectivity index (χ0n) is 18.3. The molecule has 0 saturated carbocycles. The average Bonchev–Trinajstić information content (AvgIpc) is 2.69. The van der Waals surface area contributed by atoms with Crippen molar-refractivity contribution in [2.45, 2.75) is 91.5 Å². The van der Waals surface area contributed by atoms with Crippen LogP contribution < -0.4 is 12.4 Å². The molecule has 27 heavy (non-hydrogen) atoms. The van der Waals surface area contributed by atoms with Gasteiger partial charge in [-0.3, -0.25) is 0 Å². The second-order valence-corrected chi connectivity index (χ2v) is 7.98. The summed E-state index contributed by atoms with van der Waals surface area (Å²) < 4.78 is 1.23. The van der Waals surface area contributed by atoms with Crippen molar-refractivity contribution in [1.82, 2.24) is 0 Å². The summed E-state index contributed by atoms with van der Waals surface area (Å²) in [5.74, 6) is 0. The fraction of sp³-hybridized carbons (Fsp3) is 0.680.